The van der Waals surface area contributed by atoms with Crippen molar-refractivity contribution in [3.05, 3.63) is 23.8 Å². The van der Waals surface area contributed by atoms with Crippen molar-refractivity contribution in [3.63, 3.8) is 0 Å². The van der Waals surface area contributed by atoms with Crippen molar-refractivity contribution in [3.8, 4) is 5.75 Å². The normalized spacial score (nSPS) is 16.9. The van der Waals surface area contributed by atoms with Gasteiger partial charge in [0.2, 0.25) is 0 Å². The van der Waals surface area contributed by atoms with E-state index in [4.69, 9.17) is 9.84 Å². The first-order valence-electron chi connectivity index (χ1n) is 8.28. The SMILES string of the molecule is CCC1Oc2cc(C(C)NC(=O)NCCCC(=O)O)ccc2NC1=O. The van der Waals surface area contributed by atoms with E-state index in [1.807, 2.05) is 19.9 Å². The molecule has 0 spiro atoms. The summed E-state index contributed by atoms with van der Waals surface area (Å²) in [5.41, 5.74) is 1.45. The lowest BCUT2D eigenvalue weighted by Gasteiger charge is -2.26. The molecule has 4 N–H and O–H groups in total. The van der Waals surface area contributed by atoms with Crippen LogP contribution in [-0.2, 0) is 9.59 Å². The summed E-state index contributed by atoms with van der Waals surface area (Å²) in [6.45, 7) is 4.00. The molecule has 2 unspecified atom stereocenters. The minimum absolute atomic E-state index is 0.0162. The molecule has 0 saturated carbocycles. The average molecular weight is 349 g/mol. The average Bonchev–Trinajstić information content (AvgIpc) is 2.57. The summed E-state index contributed by atoms with van der Waals surface area (Å²) in [6.07, 6.45) is 0.454. The van der Waals surface area contributed by atoms with Crippen LogP contribution in [0.1, 0.15) is 44.7 Å². The molecule has 2 rings (SSSR count). The highest BCUT2D eigenvalue weighted by Crippen LogP contribution is 2.32. The topological polar surface area (TPSA) is 117 Å². The standard InChI is InChI=1S/C17H23N3O5/c1-3-13-16(23)20-12-7-6-11(9-14(12)25-13)10(2)19-17(24)18-8-4-5-15(21)22/h6-7,9-10,13H,3-5,8H2,1-2H3,(H,20,23)(H,21,22)(H2,18,19,24). The van der Waals surface area contributed by atoms with Crippen molar-refractivity contribution in [1.82, 2.24) is 10.6 Å². The molecule has 25 heavy (non-hydrogen) atoms. The van der Waals surface area contributed by atoms with E-state index in [1.165, 1.54) is 0 Å². The Labute approximate surface area is 145 Å². The molecule has 1 aromatic carbocycles. The number of amides is 3. The molecular formula is C17H23N3O5. The minimum Gasteiger partial charge on any atom is -0.481 e. The number of nitrogens with one attached hydrogen (secondary N) is 3. The highest BCUT2D eigenvalue weighted by molar-refractivity contribution is 5.97. The number of carboxylic acids is 1. The van der Waals surface area contributed by atoms with Crippen LogP contribution >= 0.6 is 0 Å². The number of carbonyl (C=O) groups is 3. The van der Waals surface area contributed by atoms with Gasteiger partial charge in [-0.1, -0.05) is 13.0 Å². The quantitative estimate of drug-likeness (QED) is 0.562. The second-order valence-corrected chi connectivity index (χ2v) is 5.88. The number of anilines is 1. The van der Waals surface area contributed by atoms with E-state index in [9.17, 15) is 14.4 Å². The zero-order chi connectivity index (χ0) is 18.4. The van der Waals surface area contributed by atoms with Gasteiger partial charge in [-0.15, -0.1) is 0 Å². The van der Waals surface area contributed by atoms with Gasteiger partial charge >= 0.3 is 12.0 Å². The molecule has 0 radical (unpaired) electrons. The molecule has 8 nitrogen and oxygen atoms in total. The predicted molar refractivity (Wildman–Crippen MR) is 91.6 cm³/mol. The molecule has 0 fully saturated rings. The van der Waals surface area contributed by atoms with Gasteiger partial charge in [0.05, 0.1) is 11.7 Å². The molecule has 0 saturated heterocycles. The zero-order valence-corrected chi connectivity index (χ0v) is 14.3. The molecule has 3 amide bonds. The highest BCUT2D eigenvalue weighted by Gasteiger charge is 2.26. The number of fused-ring (bicyclic) bond motifs is 1. The predicted octanol–water partition coefficient (Wildman–Crippen LogP) is 2.02. The van der Waals surface area contributed by atoms with E-state index in [2.05, 4.69) is 16.0 Å². The molecule has 136 valence electrons. The second kappa shape index (κ2) is 8.36. The molecule has 1 heterocycles. The third-order valence-corrected chi connectivity index (χ3v) is 3.90. The Kier molecular flexibility index (Phi) is 6.21. The van der Waals surface area contributed by atoms with Gasteiger partial charge in [-0.3, -0.25) is 9.59 Å². The maximum absolute atomic E-state index is 11.8. The number of carbonyl (C=O) groups excluding carboxylic acids is 2. The van der Waals surface area contributed by atoms with Crippen LogP contribution < -0.4 is 20.7 Å². The van der Waals surface area contributed by atoms with Crippen molar-refractivity contribution in [1.29, 1.82) is 0 Å². The third-order valence-electron chi connectivity index (χ3n) is 3.90. The first-order valence-corrected chi connectivity index (χ1v) is 8.28. The van der Waals surface area contributed by atoms with Crippen molar-refractivity contribution < 1.29 is 24.2 Å². The van der Waals surface area contributed by atoms with E-state index >= 15 is 0 Å². The van der Waals surface area contributed by atoms with Gasteiger partial charge in [0.1, 0.15) is 5.75 Å². The molecular weight excluding hydrogens is 326 g/mol. The van der Waals surface area contributed by atoms with Gasteiger partial charge in [-0.2, -0.15) is 0 Å². The fourth-order valence-electron chi connectivity index (χ4n) is 2.47. The van der Waals surface area contributed by atoms with Gasteiger partial charge in [0.15, 0.2) is 6.10 Å². The Morgan fingerprint density at radius 2 is 2.16 bits per heavy atom. The summed E-state index contributed by atoms with van der Waals surface area (Å²) in [5, 5.41) is 16.8. The molecule has 1 aromatic rings. The monoisotopic (exact) mass is 349 g/mol. The van der Waals surface area contributed by atoms with E-state index < -0.39 is 12.1 Å². The Hall–Kier alpha value is -2.77. The lowest BCUT2D eigenvalue weighted by atomic mass is 10.1. The fraction of sp³-hybridized carbons (Fsp3) is 0.471. The molecule has 2 atom stereocenters. The van der Waals surface area contributed by atoms with E-state index in [-0.39, 0.29) is 24.4 Å². The molecule has 8 heteroatoms. The summed E-state index contributed by atoms with van der Waals surface area (Å²) in [4.78, 5) is 34.0. The van der Waals surface area contributed by atoms with Gasteiger partial charge in [-0.05, 0) is 37.5 Å². The highest BCUT2D eigenvalue weighted by atomic mass is 16.5. The van der Waals surface area contributed by atoms with Crippen LogP contribution in [0, 0.1) is 0 Å². The fourth-order valence-corrected chi connectivity index (χ4v) is 2.47. The summed E-state index contributed by atoms with van der Waals surface area (Å²) >= 11 is 0. The number of hydrogen-bond donors (Lipinski definition) is 4. The van der Waals surface area contributed by atoms with Crippen LogP contribution in [0.3, 0.4) is 0 Å². The number of urea groups is 1. The van der Waals surface area contributed by atoms with E-state index in [1.54, 1.807) is 12.1 Å². The maximum Gasteiger partial charge on any atom is 0.315 e. The largest absolute Gasteiger partial charge is 0.481 e. The Balaban J connectivity index is 1.92. The number of ether oxygens (including phenoxy) is 1. The van der Waals surface area contributed by atoms with Gasteiger partial charge in [-0.25, -0.2) is 4.79 Å². The van der Waals surface area contributed by atoms with Crippen LogP contribution in [0.25, 0.3) is 0 Å². The first kappa shape index (κ1) is 18.6. The van der Waals surface area contributed by atoms with Gasteiger partial charge < -0.3 is 25.8 Å². The van der Waals surface area contributed by atoms with Crippen molar-refractivity contribution in [2.45, 2.75) is 45.3 Å². The van der Waals surface area contributed by atoms with Crippen LogP contribution in [0.4, 0.5) is 10.5 Å². The molecule has 0 aliphatic carbocycles. The number of rotatable bonds is 7. The van der Waals surface area contributed by atoms with Crippen molar-refractivity contribution in [2.24, 2.45) is 0 Å². The Bertz CT molecular complexity index is 662. The summed E-state index contributed by atoms with van der Waals surface area (Å²) in [7, 11) is 0. The summed E-state index contributed by atoms with van der Waals surface area (Å²) in [5.74, 6) is -0.462. The lowest BCUT2D eigenvalue weighted by molar-refractivity contribution is -0.137. The van der Waals surface area contributed by atoms with E-state index in [0.29, 0.717) is 30.8 Å². The zero-order valence-electron chi connectivity index (χ0n) is 14.3. The molecule has 0 bridgehead atoms. The summed E-state index contributed by atoms with van der Waals surface area (Å²) < 4.78 is 5.70. The second-order valence-electron chi connectivity index (χ2n) is 5.88. The molecule has 0 aromatic heterocycles. The molecule has 1 aliphatic rings. The lowest BCUT2D eigenvalue weighted by Crippen LogP contribution is -2.38. The van der Waals surface area contributed by atoms with Crippen LogP contribution in [-0.4, -0.2) is 35.7 Å². The number of carboxylic acid groups (broad SMARTS) is 1. The van der Waals surface area contributed by atoms with Crippen molar-refractivity contribution >= 4 is 23.6 Å². The maximum atomic E-state index is 11.8. The third kappa shape index (κ3) is 5.10. The van der Waals surface area contributed by atoms with Crippen LogP contribution in [0.2, 0.25) is 0 Å². The molecule has 1 aliphatic heterocycles. The van der Waals surface area contributed by atoms with Crippen LogP contribution in [0.5, 0.6) is 5.75 Å². The number of aliphatic carboxylic acids is 1. The Morgan fingerprint density at radius 3 is 2.84 bits per heavy atom. The van der Waals surface area contributed by atoms with Gasteiger partial charge in [0.25, 0.3) is 5.91 Å². The first-order chi connectivity index (χ1) is 11.9. The number of hydrogen-bond acceptors (Lipinski definition) is 4. The number of benzene rings is 1. The van der Waals surface area contributed by atoms with Crippen molar-refractivity contribution in [2.75, 3.05) is 11.9 Å². The minimum atomic E-state index is -0.887. The van der Waals surface area contributed by atoms with Crippen LogP contribution in [0.15, 0.2) is 18.2 Å². The van der Waals surface area contributed by atoms with E-state index in [0.717, 1.165) is 5.56 Å². The summed E-state index contributed by atoms with van der Waals surface area (Å²) in [6, 6.07) is 4.72. The smallest absolute Gasteiger partial charge is 0.315 e. The Morgan fingerprint density at radius 1 is 1.40 bits per heavy atom. The van der Waals surface area contributed by atoms with Gasteiger partial charge in [0, 0.05) is 13.0 Å².